The number of hydrogen-bond donors (Lipinski definition) is 0. The molecule has 2 aromatic rings. The third-order valence-electron chi connectivity index (χ3n) is 5.44. The van der Waals surface area contributed by atoms with Crippen molar-refractivity contribution in [3.63, 3.8) is 0 Å². The van der Waals surface area contributed by atoms with Crippen LogP contribution >= 0.6 is 0 Å². The Bertz CT molecular complexity index is 735. The molecule has 138 valence electrons. The zero-order valence-electron chi connectivity index (χ0n) is 16.0. The van der Waals surface area contributed by atoms with Crippen LogP contribution in [0.25, 0.3) is 0 Å². The molecule has 5 nitrogen and oxygen atoms in total. The molecule has 0 unspecified atom stereocenters. The molecule has 2 aliphatic heterocycles. The molecule has 0 spiro atoms. The lowest BCUT2D eigenvalue weighted by atomic mass is 10.1. The second kappa shape index (κ2) is 7.70. The Kier molecular flexibility index (Phi) is 5.16. The van der Waals surface area contributed by atoms with Crippen LogP contribution in [0.4, 0.5) is 5.82 Å². The summed E-state index contributed by atoms with van der Waals surface area (Å²) >= 11 is 0. The van der Waals surface area contributed by atoms with Crippen molar-refractivity contribution in [3.05, 3.63) is 47.2 Å². The van der Waals surface area contributed by atoms with Gasteiger partial charge >= 0.3 is 0 Å². The monoisotopic (exact) mass is 351 g/mol. The first-order chi connectivity index (χ1) is 12.7. The van der Waals surface area contributed by atoms with Crippen molar-refractivity contribution in [2.24, 2.45) is 0 Å². The number of fused-ring (bicyclic) bond motifs is 1. The van der Waals surface area contributed by atoms with E-state index in [2.05, 4.69) is 47.0 Å². The zero-order valence-corrected chi connectivity index (χ0v) is 16.0. The summed E-state index contributed by atoms with van der Waals surface area (Å²) in [6.45, 7) is 9.52. The predicted molar refractivity (Wildman–Crippen MR) is 104 cm³/mol. The molecular weight excluding hydrogens is 322 g/mol. The third-order valence-corrected chi connectivity index (χ3v) is 5.44. The number of hydrogen-bond acceptors (Lipinski definition) is 5. The summed E-state index contributed by atoms with van der Waals surface area (Å²) in [5, 5.41) is 0. The molecule has 2 aromatic heterocycles. The van der Waals surface area contributed by atoms with Gasteiger partial charge < -0.3 is 4.90 Å². The molecule has 1 fully saturated rings. The fraction of sp³-hybridized carbons (Fsp3) is 0.571. The van der Waals surface area contributed by atoms with Crippen LogP contribution in [-0.4, -0.2) is 39.5 Å². The molecule has 4 rings (SSSR count). The summed E-state index contributed by atoms with van der Waals surface area (Å²) < 4.78 is 0. The van der Waals surface area contributed by atoms with Gasteiger partial charge in [0.2, 0.25) is 0 Å². The van der Waals surface area contributed by atoms with Crippen LogP contribution in [0.15, 0.2) is 24.5 Å². The van der Waals surface area contributed by atoms with Gasteiger partial charge in [0.1, 0.15) is 11.6 Å². The molecule has 0 bridgehead atoms. The van der Waals surface area contributed by atoms with E-state index in [-0.39, 0.29) is 0 Å². The second-order valence-electron chi connectivity index (χ2n) is 7.89. The minimum atomic E-state index is 0.392. The van der Waals surface area contributed by atoms with E-state index in [1.807, 2.05) is 6.20 Å². The molecule has 0 radical (unpaired) electrons. The molecule has 2 aliphatic rings. The second-order valence-corrected chi connectivity index (χ2v) is 7.89. The van der Waals surface area contributed by atoms with Gasteiger partial charge in [0.25, 0.3) is 0 Å². The Hall–Kier alpha value is -2.01. The topological polar surface area (TPSA) is 45.2 Å². The molecule has 26 heavy (non-hydrogen) atoms. The first kappa shape index (κ1) is 17.4. The van der Waals surface area contributed by atoms with Gasteiger partial charge in [-0.2, -0.15) is 0 Å². The smallest absolute Gasteiger partial charge is 0.131 e. The lowest BCUT2D eigenvalue weighted by Gasteiger charge is -2.29. The van der Waals surface area contributed by atoms with Gasteiger partial charge in [-0.3, -0.25) is 4.90 Å². The minimum absolute atomic E-state index is 0.392. The Labute approximate surface area is 156 Å². The standard InChI is InChI=1S/C21H29N5/c1-16(2)21-23-13-18-15-25(11-8-19(18)24-21)14-17-6-7-20(22-12-17)26-9-4-3-5-10-26/h6-7,12-13,16H,3-5,8-11,14-15H2,1-2H3. The van der Waals surface area contributed by atoms with Gasteiger partial charge in [0.15, 0.2) is 0 Å². The van der Waals surface area contributed by atoms with Gasteiger partial charge in [-0.05, 0) is 30.9 Å². The number of aromatic nitrogens is 3. The van der Waals surface area contributed by atoms with Crippen molar-refractivity contribution in [2.45, 2.75) is 58.5 Å². The van der Waals surface area contributed by atoms with E-state index >= 15 is 0 Å². The maximum Gasteiger partial charge on any atom is 0.131 e. The summed E-state index contributed by atoms with van der Waals surface area (Å²) in [6, 6.07) is 4.43. The first-order valence-electron chi connectivity index (χ1n) is 9.96. The van der Waals surface area contributed by atoms with E-state index in [9.17, 15) is 0 Å². The highest BCUT2D eigenvalue weighted by atomic mass is 15.2. The van der Waals surface area contributed by atoms with Gasteiger partial charge in [0.05, 0.1) is 0 Å². The van der Waals surface area contributed by atoms with Crippen molar-refractivity contribution in [3.8, 4) is 0 Å². The highest BCUT2D eigenvalue weighted by Crippen LogP contribution is 2.22. The minimum Gasteiger partial charge on any atom is -0.357 e. The average Bonchev–Trinajstić information content (AvgIpc) is 2.69. The van der Waals surface area contributed by atoms with Crippen LogP contribution in [0.1, 0.15) is 61.7 Å². The van der Waals surface area contributed by atoms with Gasteiger partial charge in [-0.15, -0.1) is 0 Å². The van der Waals surface area contributed by atoms with E-state index in [1.165, 1.54) is 36.1 Å². The fourth-order valence-electron chi connectivity index (χ4n) is 3.88. The third kappa shape index (κ3) is 3.88. The van der Waals surface area contributed by atoms with E-state index in [4.69, 9.17) is 9.97 Å². The number of nitrogens with zero attached hydrogens (tertiary/aromatic N) is 5. The van der Waals surface area contributed by atoms with Gasteiger partial charge in [-0.25, -0.2) is 15.0 Å². The number of anilines is 1. The van der Waals surface area contributed by atoms with Gasteiger partial charge in [-0.1, -0.05) is 19.9 Å². The Balaban J connectivity index is 1.39. The molecule has 5 heteroatoms. The van der Waals surface area contributed by atoms with Crippen molar-refractivity contribution in [1.29, 1.82) is 0 Å². The SMILES string of the molecule is CC(C)c1ncc2c(n1)CCN(Cc1ccc(N3CCCCC3)nc1)C2. The molecule has 0 N–H and O–H groups in total. The summed E-state index contributed by atoms with van der Waals surface area (Å²) in [4.78, 5) is 18.9. The molecule has 0 saturated carbocycles. The Morgan fingerprint density at radius 2 is 1.85 bits per heavy atom. The summed E-state index contributed by atoms with van der Waals surface area (Å²) in [6.07, 6.45) is 9.03. The summed E-state index contributed by atoms with van der Waals surface area (Å²) in [5.41, 5.74) is 3.80. The molecule has 0 aromatic carbocycles. The van der Waals surface area contributed by atoms with Crippen molar-refractivity contribution >= 4 is 5.82 Å². The fourth-order valence-corrected chi connectivity index (χ4v) is 3.88. The average molecular weight is 351 g/mol. The normalized spacial score (nSPS) is 18.2. The van der Waals surface area contributed by atoms with E-state index < -0.39 is 0 Å². The van der Waals surface area contributed by atoms with Crippen LogP contribution in [-0.2, 0) is 19.5 Å². The predicted octanol–water partition coefficient (Wildman–Crippen LogP) is 3.54. The molecular formula is C21H29N5. The summed E-state index contributed by atoms with van der Waals surface area (Å²) in [5.74, 6) is 2.49. The highest BCUT2D eigenvalue weighted by molar-refractivity contribution is 5.39. The first-order valence-corrected chi connectivity index (χ1v) is 9.96. The van der Waals surface area contributed by atoms with Crippen LogP contribution in [0.5, 0.6) is 0 Å². The lowest BCUT2D eigenvalue weighted by molar-refractivity contribution is 0.242. The molecule has 0 amide bonds. The van der Waals surface area contributed by atoms with Crippen molar-refractivity contribution < 1.29 is 0 Å². The number of pyridine rings is 1. The molecule has 1 saturated heterocycles. The van der Waals surface area contributed by atoms with Gasteiger partial charge in [0, 0.05) is 68.7 Å². The highest BCUT2D eigenvalue weighted by Gasteiger charge is 2.19. The largest absolute Gasteiger partial charge is 0.357 e. The molecule has 0 aliphatic carbocycles. The lowest BCUT2D eigenvalue weighted by Crippen LogP contribution is -2.31. The van der Waals surface area contributed by atoms with Crippen LogP contribution < -0.4 is 4.90 Å². The summed E-state index contributed by atoms with van der Waals surface area (Å²) in [7, 11) is 0. The Morgan fingerprint density at radius 1 is 1.00 bits per heavy atom. The van der Waals surface area contributed by atoms with Crippen molar-refractivity contribution in [1.82, 2.24) is 19.9 Å². The van der Waals surface area contributed by atoms with E-state index in [0.29, 0.717) is 5.92 Å². The van der Waals surface area contributed by atoms with Crippen LogP contribution in [0.3, 0.4) is 0 Å². The van der Waals surface area contributed by atoms with Crippen LogP contribution in [0, 0.1) is 0 Å². The van der Waals surface area contributed by atoms with E-state index in [1.54, 1.807) is 0 Å². The maximum atomic E-state index is 4.76. The molecule has 4 heterocycles. The zero-order chi connectivity index (χ0) is 17.9. The molecule has 0 atom stereocenters. The quantitative estimate of drug-likeness (QED) is 0.843. The number of piperidine rings is 1. The number of rotatable bonds is 4. The van der Waals surface area contributed by atoms with Crippen LogP contribution in [0.2, 0.25) is 0 Å². The maximum absolute atomic E-state index is 4.76. The van der Waals surface area contributed by atoms with E-state index in [0.717, 1.165) is 50.8 Å². The van der Waals surface area contributed by atoms with Crippen molar-refractivity contribution in [2.75, 3.05) is 24.5 Å². The Morgan fingerprint density at radius 3 is 2.58 bits per heavy atom.